The molecule has 0 aliphatic carbocycles. The van der Waals surface area contributed by atoms with Crippen molar-refractivity contribution in [2.45, 2.75) is 13.5 Å². The van der Waals surface area contributed by atoms with Crippen LogP contribution >= 0.6 is 0 Å². The zero-order valence-corrected chi connectivity index (χ0v) is 17.2. The molecule has 4 rings (SSSR count). The van der Waals surface area contributed by atoms with Crippen molar-refractivity contribution in [2.24, 2.45) is 0 Å². The molecular weight excluding hydrogens is 386 g/mol. The first-order valence-corrected chi connectivity index (χ1v) is 10.0. The van der Waals surface area contributed by atoms with Gasteiger partial charge in [0.25, 0.3) is 0 Å². The number of carbonyl (C=O) groups is 1. The van der Waals surface area contributed by atoms with Crippen LogP contribution in [0.5, 0.6) is 0 Å². The van der Waals surface area contributed by atoms with Gasteiger partial charge >= 0.3 is 0 Å². The van der Waals surface area contributed by atoms with Crippen molar-refractivity contribution in [1.82, 2.24) is 9.97 Å². The fraction of sp³-hybridized carbons (Fsp3) is 0.0800. The monoisotopic (exact) mass is 409 g/mol. The number of anilines is 4. The van der Waals surface area contributed by atoms with Crippen molar-refractivity contribution in [3.8, 4) is 11.3 Å². The Morgan fingerprint density at radius 2 is 1.48 bits per heavy atom. The van der Waals surface area contributed by atoms with E-state index in [-0.39, 0.29) is 5.91 Å². The average Bonchev–Trinajstić information content (AvgIpc) is 2.80. The van der Waals surface area contributed by atoms with Gasteiger partial charge in [0.05, 0.1) is 5.69 Å². The van der Waals surface area contributed by atoms with Crippen LogP contribution in [0.2, 0.25) is 0 Å². The van der Waals surface area contributed by atoms with Gasteiger partial charge < -0.3 is 16.0 Å². The Balaban J connectivity index is 1.40. The molecule has 6 heteroatoms. The predicted molar refractivity (Wildman–Crippen MR) is 125 cm³/mol. The van der Waals surface area contributed by atoms with Crippen LogP contribution in [0.1, 0.15) is 12.5 Å². The number of amides is 1. The van der Waals surface area contributed by atoms with Gasteiger partial charge in [-0.15, -0.1) is 0 Å². The van der Waals surface area contributed by atoms with E-state index in [4.69, 9.17) is 0 Å². The first-order valence-electron chi connectivity index (χ1n) is 10.0. The van der Waals surface area contributed by atoms with Crippen molar-refractivity contribution in [2.75, 3.05) is 16.0 Å². The lowest BCUT2D eigenvalue weighted by Crippen LogP contribution is -2.05. The highest BCUT2D eigenvalue weighted by atomic mass is 16.1. The van der Waals surface area contributed by atoms with Gasteiger partial charge in [0.15, 0.2) is 0 Å². The Kier molecular flexibility index (Phi) is 6.18. The molecule has 0 atom stereocenters. The molecule has 0 spiro atoms. The Labute approximate surface area is 181 Å². The molecule has 1 amide bonds. The summed E-state index contributed by atoms with van der Waals surface area (Å²) >= 11 is 0. The summed E-state index contributed by atoms with van der Waals surface area (Å²) in [5.74, 6) is 0.427. The third kappa shape index (κ3) is 5.67. The van der Waals surface area contributed by atoms with E-state index in [0.29, 0.717) is 5.95 Å². The van der Waals surface area contributed by atoms with Crippen LogP contribution in [0.25, 0.3) is 11.3 Å². The maximum Gasteiger partial charge on any atom is 0.227 e. The van der Waals surface area contributed by atoms with E-state index in [1.54, 1.807) is 6.20 Å². The number of hydrogen-bond acceptors (Lipinski definition) is 5. The summed E-state index contributed by atoms with van der Waals surface area (Å²) in [6, 6.07) is 27.7. The molecule has 4 aromatic rings. The third-order valence-corrected chi connectivity index (χ3v) is 4.64. The highest BCUT2D eigenvalue weighted by Crippen LogP contribution is 2.22. The Hall–Kier alpha value is -4.19. The predicted octanol–water partition coefficient (Wildman–Crippen LogP) is 5.46. The van der Waals surface area contributed by atoms with E-state index < -0.39 is 0 Å². The number of hydrogen-bond donors (Lipinski definition) is 3. The first-order chi connectivity index (χ1) is 15.2. The maximum absolute atomic E-state index is 11.2. The smallest absolute Gasteiger partial charge is 0.227 e. The molecule has 3 N–H and O–H groups in total. The molecule has 1 aromatic heterocycles. The Morgan fingerprint density at radius 3 is 2.19 bits per heavy atom. The lowest BCUT2D eigenvalue weighted by Gasteiger charge is -2.10. The number of carbonyl (C=O) groups excluding carboxylic acids is 1. The van der Waals surface area contributed by atoms with Crippen molar-refractivity contribution in [1.29, 1.82) is 0 Å². The van der Waals surface area contributed by atoms with Crippen LogP contribution in [-0.4, -0.2) is 15.9 Å². The van der Waals surface area contributed by atoms with Gasteiger partial charge in [-0.25, -0.2) is 9.97 Å². The van der Waals surface area contributed by atoms with Crippen molar-refractivity contribution in [3.05, 3.63) is 96.7 Å². The summed E-state index contributed by atoms with van der Waals surface area (Å²) in [4.78, 5) is 20.1. The molecule has 0 fully saturated rings. The summed E-state index contributed by atoms with van der Waals surface area (Å²) < 4.78 is 0. The van der Waals surface area contributed by atoms with Gasteiger partial charge in [0, 0.05) is 42.3 Å². The minimum atomic E-state index is -0.0949. The molecule has 1 heterocycles. The third-order valence-electron chi connectivity index (χ3n) is 4.64. The molecule has 3 aromatic carbocycles. The molecule has 6 nitrogen and oxygen atoms in total. The van der Waals surface area contributed by atoms with Crippen molar-refractivity contribution in [3.63, 3.8) is 0 Å². The first kappa shape index (κ1) is 20.1. The molecule has 0 unspecified atom stereocenters. The van der Waals surface area contributed by atoms with Gasteiger partial charge in [-0.05, 0) is 48.0 Å². The normalized spacial score (nSPS) is 10.4. The molecule has 0 radical (unpaired) electrons. The second-order valence-corrected chi connectivity index (χ2v) is 7.07. The summed E-state index contributed by atoms with van der Waals surface area (Å²) in [5, 5.41) is 9.42. The lowest BCUT2D eigenvalue weighted by atomic mass is 10.1. The quantitative estimate of drug-likeness (QED) is 0.378. The van der Waals surface area contributed by atoms with E-state index in [0.717, 1.165) is 34.9 Å². The highest BCUT2D eigenvalue weighted by molar-refractivity contribution is 5.88. The molecule has 154 valence electrons. The molecule has 0 bridgehead atoms. The number of aromatic nitrogens is 2. The van der Waals surface area contributed by atoms with Crippen LogP contribution in [-0.2, 0) is 11.3 Å². The van der Waals surface area contributed by atoms with Gasteiger partial charge in [-0.2, -0.15) is 0 Å². The number of nitrogens with zero attached hydrogens (tertiary/aromatic N) is 2. The molecule has 0 aliphatic rings. The van der Waals surface area contributed by atoms with Gasteiger partial charge in [0.1, 0.15) is 0 Å². The van der Waals surface area contributed by atoms with Crippen molar-refractivity contribution >= 4 is 28.9 Å². The summed E-state index contributed by atoms with van der Waals surface area (Å²) in [5.41, 5.74) is 5.68. The van der Waals surface area contributed by atoms with E-state index >= 15 is 0 Å². The Morgan fingerprint density at radius 1 is 0.806 bits per heavy atom. The SMILES string of the molecule is CC(=O)Nc1ccc(-c2ccnc(Nc3ccc(NCc4ccccc4)cc3)n2)cc1. The minimum Gasteiger partial charge on any atom is -0.381 e. The van der Waals surface area contributed by atoms with Gasteiger partial charge in [-0.1, -0.05) is 42.5 Å². The second kappa shape index (κ2) is 9.54. The van der Waals surface area contributed by atoms with Crippen LogP contribution < -0.4 is 16.0 Å². The fourth-order valence-corrected chi connectivity index (χ4v) is 3.11. The standard InChI is InChI=1S/C25H23N5O/c1-18(31)28-22-9-7-20(8-10-22)24-15-16-26-25(30-24)29-23-13-11-21(12-14-23)27-17-19-5-3-2-4-6-19/h2-16,27H,17H2,1H3,(H,28,31)(H,26,29,30). The van der Waals surface area contributed by atoms with Crippen LogP contribution in [0, 0.1) is 0 Å². The fourth-order valence-electron chi connectivity index (χ4n) is 3.11. The Bertz CT molecular complexity index is 1140. The number of rotatable bonds is 7. The second-order valence-electron chi connectivity index (χ2n) is 7.07. The minimum absolute atomic E-state index is 0.0949. The van der Waals surface area contributed by atoms with E-state index in [1.165, 1.54) is 12.5 Å². The molecule has 31 heavy (non-hydrogen) atoms. The van der Waals surface area contributed by atoms with E-state index in [1.807, 2.05) is 72.8 Å². The molecule has 0 aliphatic heterocycles. The topological polar surface area (TPSA) is 78.9 Å². The van der Waals surface area contributed by atoms with Crippen LogP contribution in [0.15, 0.2) is 91.1 Å². The van der Waals surface area contributed by atoms with E-state index in [2.05, 4.69) is 38.1 Å². The zero-order valence-electron chi connectivity index (χ0n) is 17.2. The van der Waals surface area contributed by atoms with Gasteiger partial charge in [-0.3, -0.25) is 4.79 Å². The maximum atomic E-state index is 11.2. The largest absolute Gasteiger partial charge is 0.381 e. The van der Waals surface area contributed by atoms with Crippen LogP contribution in [0.4, 0.5) is 23.0 Å². The molecule has 0 saturated heterocycles. The lowest BCUT2D eigenvalue weighted by molar-refractivity contribution is -0.114. The van der Waals surface area contributed by atoms with Crippen LogP contribution in [0.3, 0.4) is 0 Å². The average molecular weight is 409 g/mol. The molecule has 0 saturated carbocycles. The molecular formula is C25H23N5O. The summed E-state index contributed by atoms with van der Waals surface area (Å²) in [6.45, 7) is 2.27. The zero-order chi connectivity index (χ0) is 21.5. The highest BCUT2D eigenvalue weighted by Gasteiger charge is 2.04. The number of nitrogens with one attached hydrogen (secondary N) is 3. The van der Waals surface area contributed by atoms with Crippen molar-refractivity contribution < 1.29 is 4.79 Å². The van der Waals surface area contributed by atoms with E-state index in [9.17, 15) is 4.79 Å². The van der Waals surface area contributed by atoms with Gasteiger partial charge in [0.2, 0.25) is 11.9 Å². The summed E-state index contributed by atoms with van der Waals surface area (Å²) in [7, 11) is 0. The summed E-state index contributed by atoms with van der Waals surface area (Å²) in [6.07, 6.45) is 1.72. The number of benzene rings is 3.